The third kappa shape index (κ3) is 6.12. The first-order valence-electron chi connectivity index (χ1n) is 12.7. The number of rotatable bonds is 10. The lowest BCUT2D eigenvalue weighted by Crippen LogP contribution is -2.26. The Morgan fingerprint density at radius 3 is 2.36 bits per heavy atom. The van der Waals surface area contributed by atoms with Crippen molar-refractivity contribution < 1.29 is 19.0 Å². The Labute approximate surface area is 214 Å². The molecular formula is C29H40N2O5. The Kier molecular flexibility index (Phi) is 9.24. The van der Waals surface area contributed by atoms with Crippen molar-refractivity contribution in [3.63, 3.8) is 0 Å². The van der Waals surface area contributed by atoms with Crippen molar-refractivity contribution in [2.24, 2.45) is 5.92 Å². The molecule has 0 fully saturated rings. The molecule has 196 valence electrons. The second-order valence-electron chi connectivity index (χ2n) is 9.97. The Hall–Kier alpha value is -3.22. The topological polar surface area (TPSA) is 85.9 Å². The van der Waals surface area contributed by atoms with Crippen LogP contribution in [0.1, 0.15) is 70.5 Å². The molecule has 0 heterocycles. The van der Waals surface area contributed by atoms with Crippen molar-refractivity contribution in [1.82, 2.24) is 5.32 Å². The van der Waals surface area contributed by atoms with Crippen molar-refractivity contribution in [2.75, 3.05) is 26.6 Å². The van der Waals surface area contributed by atoms with Crippen LogP contribution < -0.4 is 30.3 Å². The second-order valence-corrected chi connectivity index (χ2v) is 9.97. The number of hydrogen-bond acceptors (Lipinski definition) is 6. The third-order valence-electron chi connectivity index (χ3n) is 6.74. The first-order valence-corrected chi connectivity index (χ1v) is 12.7. The number of aryl methyl sites for hydroxylation is 1. The lowest BCUT2D eigenvalue weighted by molar-refractivity contribution is -0.119. The molecule has 7 heteroatoms. The molecule has 0 aliphatic heterocycles. The smallest absolute Gasteiger partial charge is 0.217 e. The molecule has 2 aromatic carbocycles. The van der Waals surface area contributed by atoms with Crippen LogP contribution in [0.15, 0.2) is 29.1 Å². The highest BCUT2D eigenvalue weighted by molar-refractivity contribution is 5.83. The normalized spacial score (nSPS) is 15.3. The number of ether oxygens (including phenoxy) is 3. The van der Waals surface area contributed by atoms with Crippen LogP contribution in [0.4, 0.5) is 5.69 Å². The summed E-state index contributed by atoms with van der Waals surface area (Å²) in [6, 6.07) is 7.25. The Morgan fingerprint density at radius 1 is 1.03 bits per heavy atom. The molecule has 2 N–H and O–H groups in total. The van der Waals surface area contributed by atoms with Gasteiger partial charge < -0.3 is 24.8 Å². The molecule has 7 nitrogen and oxygen atoms in total. The fourth-order valence-electron chi connectivity index (χ4n) is 5.00. The molecule has 1 aliphatic rings. The molecule has 0 saturated carbocycles. The number of amides is 1. The number of anilines is 1. The molecular weight excluding hydrogens is 456 g/mol. The van der Waals surface area contributed by atoms with Gasteiger partial charge in [0, 0.05) is 18.5 Å². The fourth-order valence-corrected chi connectivity index (χ4v) is 5.00. The minimum Gasteiger partial charge on any atom is -0.493 e. The van der Waals surface area contributed by atoms with Crippen LogP contribution in [0.5, 0.6) is 17.2 Å². The van der Waals surface area contributed by atoms with E-state index in [0.717, 1.165) is 41.5 Å². The molecule has 1 amide bonds. The third-order valence-corrected chi connectivity index (χ3v) is 6.74. The van der Waals surface area contributed by atoms with Gasteiger partial charge in [0.05, 0.1) is 33.1 Å². The fraction of sp³-hybridized carbons (Fsp3) is 0.517. The number of benzene rings is 1. The van der Waals surface area contributed by atoms with E-state index < -0.39 is 0 Å². The average Bonchev–Trinajstić information content (AvgIpc) is 3.06. The summed E-state index contributed by atoms with van der Waals surface area (Å²) in [4.78, 5) is 25.5. The van der Waals surface area contributed by atoms with E-state index in [1.165, 1.54) is 6.92 Å². The van der Waals surface area contributed by atoms with Crippen molar-refractivity contribution >= 4 is 11.6 Å². The molecule has 0 unspecified atom stereocenters. The van der Waals surface area contributed by atoms with E-state index in [-0.39, 0.29) is 23.4 Å². The highest BCUT2D eigenvalue weighted by Crippen LogP contribution is 2.50. The molecule has 36 heavy (non-hydrogen) atoms. The monoisotopic (exact) mass is 496 g/mol. The molecule has 0 aromatic heterocycles. The van der Waals surface area contributed by atoms with Crippen LogP contribution in [0, 0.1) is 5.92 Å². The van der Waals surface area contributed by atoms with Crippen molar-refractivity contribution in [2.45, 2.75) is 71.9 Å². The van der Waals surface area contributed by atoms with Gasteiger partial charge >= 0.3 is 0 Å². The van der Waals surface area contributed by atoms with Gasteiger partial charge in [0.25, 0.3) is 0 Å². The van der Waals surface area contributed by atoms with Gasteiger partial charge in [0.15, 0.2) is 11.5 Å². The van der Waals surface area contributed by atoms with E-state index >= 15 is 0 Å². The maximum atomic E-state index is 13.4. The predicted molar refractivity (Wildman–Crippen MR) is 144 cm³/mol. The molecule has 0 radical (unpaired) electrons. The zero-order valence-electron chi connectivity index (χ0n) is 22.6. The Bertz CT molecular complexity index is 1150. The number of carbonyl (C=O) groups excluding carboxylic acids is 1. The van der Waals surface area contributed by atoms with Crippen molar-refractivity contribution in [1.29, 1.82) is 0 Å². The number of fused-ring (bicyclic) bond motifs is 3. The quantitative estimate of drug-likeness (QED) is 0.452. The summed E-state index contributed by atoms with van der Waals surface area (Å²) < 4.78 is 17.1. The van der Waals surface area contributed by atoms with Gasteiger partial charge in [-0.15, -0.1) is 0 Å². The van der Waals surface area contributed by atoms with Crippen LogP contribution in [0.25, 0.3) is 11.1 Å². The van der Waals surface area contributed by atoms with E-state index in [2.05, 4.69) is 31.4 Å². The minimum atomic E-state index is -0.317. The minimum absolute atomic E-state index is 0.106. The molecule has 2 aromatic rings. The van der Waals surface area contributed by atoms with Gasteiger partial charge in [-0.3, -0.25) is 9.59 Å². The van der Waals surface area contributed by atoms with Crippen LogP contribution in [-0.2, 0) is 11.2 Å². The van der Waals surface area contributed by atoms with Gasteiger partial charge in [-0.2, -0.15) is 0 Å². The molecule has 1 aliphatic carbocycles. The van der Waals surface area contributed by atoms with Crippen LogP contribution in [0.3, 0.4) is 0 Å². The SMILES string of the molecule is COc1cc2c(c(OC)c1OC)-c1ccc(N[C@@H](C)CCCC(C)C)c(=O)cc1[C@H](NC(C)=O)CC2. The van der Waals surface area contributed by atoms with Crippen LogP contribution >= 0.6 is 0 Å². The van der Waals surface area contributed by atoms with Gasteiger partial charge in [-0.05, 0) is 67.0 Å². The summed E-state index contributed by atoms with van der Waals surface area (Å²) in [5.41, 5.74) is 3.89. The van der Waals surface area contributed by atoms with Gasteiger partial charge in [-0.1, -0.05) is 32.8 Å². The van der Waals surface area contributed by atoms with Crippen molar-refractivity contribution in [3.8, 4) is 28.4 Å². The number of hydrogen-bond donors (Lipinski definition) is 2. The Balaban J connectivity index is 2.17. The molecule has 0 saturated heterocycles. The molecule has 3 rings (SSSR count). The lowest BCUT2D eigenvalue weighted by atomic mass is 9.95. The van der Waals surface area contributed by atoms with E-state index in [0.29, 0.717) is 41.7 Å². The van der Waals surface area contributed by atoms with E-state index in [9.17, 15) is 9.59 Å². The van der Waals surface area contributed by atoms with E-state index in [4.69, 9.17) is 14.2 Å². The number of carbonyl (C=O) groups is 1. The number of nitrogens with one attached hydrogen (secondary N) is 2. The maximum absolute atomic E-state index is 13.4. The predicted octanol–water partition coefficient (Wildman–Crippen LogP) is 5.49. The first-order chi connectivity index (χ1) is 17.2. The average molecular weight is 497 g/mol. The van der Waals surface area contributed by atoms with E-state index in [1.807, 2.05) is 18.2 Å². The summed E-state index contributed by atoms with van der Waals surface area (Å²) in [7, 11) is 4.77. The van der Waals surface area contributed by atoms with Gasteiger partial charge in [-0.25, -0.2) is 0 Å². The highest BCUT2D eigenvalue weighted by atomic mass is 16.5. The largest absolute Gasteiger partial charge is 0.493 e. The van der Waals surface area contributed by atoms with Crippen LogP contribution in [-0.4, -0.2) is 33.3 Å². The Morgan fingerprint density at radius 2 is 1.75 bits per heavy atom. The number of methoxy groups -OCH3 is 3. The summed E-state index contributed by atoms with van der Waals surface area (Å²) in [5.74, 6) is 2.14. The highest BCUT2D eigenvalue weighted by Gasteiger charge is 2.29. The standard InChI is InChI=1S/C29H40N2O5/c1-17(2)9-8-10-18(3)30-24-14-12-21-22(16-25(24)33)23(31-19(4)32)13-11-20-15-26(34-5)28(35-6)29(36-7)27(20)21/h12,14-18,23H,8-11,13H2,1-7H3,(H,30,33)(H,31,32)/t18-,23+/m0/s1. The molecule has 2 atom stereocenters. The molecule has 0 spiro atoms. The lowest BCUT2D eigenvalue weighted by Gasteiger charge is -2.19. The zero-order chi connectivity index (χ0) is 26.4. The van der Waals surface area contributed by atoms with Crippen LogP contribution in [0.2, 0.25) is 0 Å². The maximum Gasteiger partial charge on any atom is 0.217 e. The summed E-state index contributed by atoms with van der Waals surface area (Å²) >= 11 is 0. The summed E-state index contributed by atoms with van der Waals surface area (Å²) in [5, 5.41) is 6.46. The molecule has 0 bridgehead atoms. The van der Waals surface area contributed by atoms with E-state index in [1.54, 1.807) is 27.4 Å². The zero-order valence-corrected chi connectivity index (χ0v) is 22.6. The van der Waals surface area contributed by atoms with Crippen molar-refractivity contribution in [3.05, 3.63) is 45.6 Å². The second kappa shape index (κ2) is 12.2. The summed E-state index contributed by atoms with van der Waals surface area (Å²) in [6.07, 6.45) is 4.55. The summed E-state index contributed by atoms with van der Waals surface area (Å²) in [6.45, 7) is 8.05. The van der Waals surface area contributed by atoms with Gasteiger partial charge in [0.2, 0.25) is 17.1 Å². The van der Waals surface area contributed by atoms with Gasteiger partial charge in [0.1, 0.15) is 0 Å². The first kappa shape index (κ1) is 27.4.